The van der Waals surface area contributed by atoms with Gasteiger partial charge < -0.3 is 15.8 Å². The van der Waals surface area contributed by atoms with E-state index >= 15 is 0 Å². The molecule has 1 atom stereocenters. The molecule has 12 heavy (non-hydrogen) atoms. The Hall–Kier alpha value is -0.610. The molecule has 0 radical (unpaired) electrons. The van der Waals surface area contributed by atoms with Gasteiger partial charge in [0.15, 0.2) is 5.60 Å². The Labute approximate surface area is 72.5 Å². The number of carbonyl (C=O) groups is 1. The monoisotopic (exact) mass is 172 g/mol. The van der Waals surface area contributed by atoms with Gasteiger partial charge in [0.25, 0.3) is 5.91 Å². The zero-order valence-electron chi connectivity index (χ0n) is 7.43. The molecule has 1 fully saturated rings. The van der Waals surface area contributed by atoms with E-state index in [4.69, 9.17) is 10.5 Å². The summed E-state index contributed by atoms with van der Waals surface area (Å²) in [5.74, 6) is -0.350. The molecule has 4 nitrogen and oxygen atoms in total. The SMILES string of the molecule is CCOC1(C(N)=O)CCCNC1. The average Bonchev–Trinajstić information content (AvgIpc) is 2.06. The molecule has 0 aromatic carbocycles. The summed E-state index contributed by atoms with van der Waals surface area (Å²) in [6.45, 7) is 3.90. The van der Waals surface area contributed by atoms with Crippen LogP contribution in [-0.4, -0.2) is 31.2 Å². The minimum Gasteiger partial charge on any atom is -0.367 e. The largest absolute Gasteiger partial charge is 0.367 e. The molecule has 1 amide bonds. The summed E-state index contributed by atoms with van der Waals surface area (Å²) in [4.78, 5) is 11.1. The summed E-state index contributed by atoms with van der Waals surface area (Å²) in [5, 5.41) is 3.12. The lowest BCUT2D eigenvalue weighted by atomic mass is 9.93. The second kappa shape index (κ2) is 3.87. The van der Waals surface area contributed by atoms with Crippen LogP contribution >= 0.6 is 0 Å². The lowest BCUT2D eigenvalue weighted by molar-refractivity contribution is -0.145. The van der Waals surface area contributed by atoms with Crippen LogP contribution in [0.1, 0.15) is 19.8 Å². The van der Waals surface area contributed by atoms with Crippen LogP contribution in [0.15, 0.2) is 0 Å². The molecule has 0 bridgehead atoms. The molecule has 0 aliphatic carbocycles. The first-order chi connectivity index (χ1) is 5.71. The van der Waals surface area contributed by atoms with Crippen molar-refractivity contribution in [3.05, 3.63) is 0 Å². The molecule has 1 unspecified atom stereocenters. The van der Waals surface area contributed by atoms with E-state index in [1.54, 1.807) is 0 Å². The summed E-state index contributed by atoms with van der Waals surface area (Å²) < 4.78 is 5.39. The quantitative estimate of drug-likeness (QED) is 0.610. The number of piperidine rings is 1. The number of primary amides is 1. The summed E-state index contributed by atoms with van der Waals surface area (Å²) >= 11 is 0. The van der Waals surface area contributed by atoms with E-state index in [-0.39, 0.29) is 5.91 Å². The number of amides is 1. The molecule has 70 valence electrons. The second-order valence-electron chi connectivity index (χ2n) is 3.07. The van der Waals surface area contributed by atoms with E-state index in [0.29, 0.717) is 13.2 Å². The Kier molecular flexibility index (Phi) is 3.05. The van der Waals surface area contributed by atoms with Gasteiger partial charge in [0.05, 0.1) is 0 Å². The highest BCUT2D eigenvalue weighted by molar-refractivity contribution is 5.84. The van der Waals surface area contributed by atoms with Gasteiger partial charge in [-0.25, -0.2) is 0 Å². The van der Waals surface area contributed by atoms with Gasteiger partial charge >= 0.3 is 0 Å². The average molecular weight is 172 g/mol. The van der Waals surface area contributed by atoms with Crippen molar-refractivity contribution in [3.8, 4) is 0 Å². The minimum absolute atomic E-state index is 0.350. The maximum absolute atomic E-state index is 11.1. The number of nitrogens with two attached hydrogens (primary N) is 1. The van der Waals surface area contributed by atoms with Gasteiger partial charge in [-0.2, -0.15) is 0 Å². The number of hydrogen-bond donors (Lipinski definition) is 2. The first kappa shape index (κ1) is 9.48. The van der Waals surface area contributed by atoms with Crippen LogP contribution in [0.25, 0.3) is 0 Å². The number of carbonyl (C=O) groups excluding carboxylic acids is 1. The maximum Gasteiger partial charge on any atom is 0.251 e. The number of ether oxygens (including phenoxy) is 1. The highest BCUT2D eigenvalue weighted by atomic mass is 16.5. The smallest absolute Gasteiger partial charge is 0.251 e. The molecule has 1 heterocycles. The lowest BCUT2D eigenvalue weighted by Gasteiger charge is -2.34. The van der Waals surface area contributed by atoms with Crippen LogP contribution in [0.3, 0.4) is 0 Å². The van der Waals surface area contributed by atoms with Gasteiger partial charge in [-0.3, -0.25) is 4.79 Å². The van der Waals surface area contributed by atoms with Gasteiger partial charge in [0, 0.05) is 13.2 Å². The zero-order valence-corrected chi connectivity index (χ0v) is 7.43. The van der Waals surface area contributed by atoms with E-state index in [2.05, 4.69) is 5.32 Å². The molecule has 1 aliphatic rings. The molecule has 4 heteroatoms. The van der Waals surface area contributed by atoms with Crippen molar-refractivity contribution in [2.45, 2.75) is 25.4 Å². The predicted molar refractivity (Wildman–Crippen MR) is 45.7 cm³/mol. The van der Waals surface area contributed by atoms with Gasteiger partial charge in [-0.05, 0) is 26.3 Å². The van der Waals surface area contributed by atoms with Crippen LogP contribution in [-0.2, 0) is 9.53 Å². The highest BCUT2D eigenvalue weighted by Crippen LogP contribution is 2.20. The molecular weight excluding hydrogens is 156 g/mol. The van der Waals surface area contributed by atoms with Gasteiger partial charge in [-0.15, -0.1) is 0 Å². The lowest BCUT2D eigenvalue weighted by Crippen LogP contribution is -2.56. The molecule has 3 N–H and O–H groups in total. The molecular formula is C8H16N2O2. The Morgan fingerprint density at radius 2 is 2.50 bits per heavy atom. The van der Waals surface area contributed by atoms with Crippen LogP contribution in [0.4, 0.5) is 0 Å². The van der Waals surface area contributed by atoms with Crippen molar-refractivity contribution >= 4 is 5.91 Å². The molecule has 1 aliphatic heterocycles. The molecule has 0 saturated carbocycles. The fourth-order valence-corrected chi connectivity index (χ4v) is 1.56. The molecule has 0 aromatic rings. The van der Waals surface area contributed by atoms with Crippen molar-refractivity contribution in [3.63, 3.8) is 0 Å². The van der Waals surface area contributed by atoms with Gasteiger partial charge in [-0.1, -0.05) is 0 Å². The fourth-order valence-electron chi connectivity index (χ4n) is 1.56. The van der Waals surface area contributed by atoms with Crippen LogP contribution in [0.5, 0.6) is 0 Å². The van der Waals surface area contributed by atoms with Crippen molar-refractivity contribution in [2.75, 3.05) is 19.7 Å². The third-order valence-electron chi connectivity index (χ3n) is 2.21. The standard InChI is InChI=1S/C8H16N2O2/c1-2-12-8(7(9)11)4-3-5-10-6-8/h10H,2-6H2,1H3,(H2,9,11). The topological polar surface area (TPSA) is 64.3 Å². The number of hydrogen-bond acceptors (Lipinski definition) is 3. The summed E-state index contributed by atoms with van der Waals surface area (Å²) in [6.07, 6.45) is 1.69. The highest BCUT2D eigenvalue weighted by Gasteiger charge is 2.38. The Morgan fingerprint density at radius 3 is 2.92 bits per heavy atom. The Bertz CT molecular complexity index is 159. The normalized spacial score (nSPS) is 30.1. The molecule has 0 aromatic heterocycles. The number of rotatable bonds is 3. The van der Waals surface area contributed by atoms with Crippen LogP contribution in [0, 0.1) is 0 Å². The third kappa shape index (κ3) is 1.76. The Balaban J connectivity index is 2.63. The summed E-state index contributed by atoms with van der Waals surface area (Å²) in [5.41, 5.74) is 4.54. The Morgan fingerprint density at radius 1 is 1.75 bits per heavy atom. The van der Waals surface area contributed by atoms with E-state index in [1.165, 1.54) is 0 Å². The number of nitrogens with one attached hydrogen (secondary N) is 1. The van der Waals surface area contributed by atoms with Crippen LogP contribution < -0.4 is 11.1 Å². The van der Waals surface area contributed by atoms with E-state index in [0.717, 1.165) is 19.4 Å². The van der Waals surface area contributed by atoms with Crippen molar-refractivity contribution < 1.29 is 9.53 Å². The van der Waals surface area contributed by atoms with Crippen molar-refractivity contribution in [1.29, 1.82) is 0 Å². The second-order valence-corrected chi connectivity index (χ2v) is 3.07. The maximum atomic E-state index is 11.1. The summed E-state index contributed by atoms with van der Waals surface area (Å²) in [6, 6.07) is 0. The van der Waals surface area contributed by atoms with Crippen LogP contribution in [0.2, 0.25) is 0 Å². The third-order valence-corrected chi connectivity index (χ3v) is 2.21. The van der Waals surface area contributed by atoms with Gasteiger partial charge in [0.2, 0.25) is 0 Å². The molecule has 0 spiro atoms. The minimum atomic E-state index is -0.743. The zero-order chi connectivity index (χ0) is 9.03. The first-order valence-corrected chi connectivity index (χ1v) is 4.36. The molecule has 1 saturated heterocycles. The first-order valence-electron chi connectivity index (χ1n) is 4.36. The molecule has 1 rings (SSSR count). The van der Waals surface area contributed by atoms with E-state index < -0.39 is 5.60 Å². The fraction of sp³-hybridized carbons (Fsp3) is 0.875. The van der Waals surface area contributed by atoms with Gasteiger partial charge in [0.1, 0.15) is 0 Å². The van der Waals surface area contributed by atoms with E-state index in [9.17, 15) is 4.79 Å². The van der Waals surface area contributed by atoms with Crippen molar-refractivity contribution in [2.24, 2.45) is 5.73 Å². The van der Waals surface area contributed by atoms with Crippen molar-refractivity contribution in [1.82, 2.24) is 5.32 Å². The summed E-state index contributed by atoms with van der Waals surface area (Å²) in [7, 11) is 0. The van der Waals surface area contributed by atoms with E-state index in [1.807, 2.05) is 6.92 Å². The predicted octanol–water partition coefficient (Wildman–Crippen LogP) is -0.370.